The number of aromatic nitrogens is 2. The fourth-order valence-electron chi connectivity index (χ4n) is 2.24. The monoisotopic (exact) mass is 303 g/mol. The molecule has 0 atom stereocenters. The van der Waals surface area contributed by atoms with E-state index in [2.05, 4.69) is 41.0 Å². The van der Waals surface area contributed by atoms with Crippen molar-refractivity contribution >= 4 is 17.2 Å². The lowest BCUT2D eigenvalue weighted by atomic mass is 9.93. The van der Waals surface area contributed by atoms with Crippen molar-refractivity contribution in [3.8, 4) is 0 Å². The van der Waals surface area contributed by atoms with Crippen LogP contribution >= 0.6 is 11.3 Å². The smallest absolute Gasteiger partial charge is 0.268 e. The molecule has 1 aliphatic carbocycles. The standard InChI is InChI=1S/C16H21N3OS/c1-16(2,3)13-10-21-14(18-13)9-17-15(20)12-5-4-8-19(12)11-6-7-11/h4-5,8,10-11H,6-7,9H2,1-3H3,(H,17,20). The molecule has 1 amide bonds. The summed E-state index contributed by atoms with van der Waals surface area (Å²) >= 11 is 1.61. The first kappa shape index (κ1) is 14.3. The first-order valence-corrected chi connectivity index (χ1v) is 8.23. The lowest BCUT2D eigenvalue weighted by molar-refractivity contribution is 0.0941. The zero-order valence-corrected chi connectivity index (χ0v) is 13.5. The summed E-state index contributed by atoms with van der Waals surface area (Å²) in [6, 6.07) is 4.35. The highest BCUT2D eigenvalue weighted by molar-refractivity contribution is 7.09. The van der Waals surface area contributed by atoms with E-state index in [1.165, 1.54) is 12.8 Å². The molecule has 1 saturated carbocycles. The average Bonchev–Trinajstić information content (AvgIpc) is 2.96. The predicted octanol–water partition coefficient (Wildman–Crippen LogP) is 3.51. The van der Waals surface area contributed by atoms with E-state index in [1.807, 2.05) is 18.3 Å². The molecule has 21 heavy (non-hydrogen) atoms. The van der Waals surface area contributed by atoms with Gasteiger partial charge in [-0.25, -0.2) is 4.98 Å². The maximum absolute atomic E-state index is 12.3. The zero-order valence-electron chi connectivity index (χ0n) is 12.7. The summed E-state index contributed by atoms with van der Waals surface area (Å²) < 4.78 is 2.08. The highest BCUT2D eigenvalue weighted by Gasteiger charge is 2.26. The Balaban J connectivity index is 1.63. The molecule has 2 aromatic rings. The largest absolute Gasteiger partial charge is 0.344 e. The Morgan fingerprint density at radius 3 is 2.86 bits per heavy atom. The van der Waals surface area contributed by atoms with Crippen LogP contribution < -0.4 is 5.32 Å². The SMILES string of the molecule is CC(C)(C)c1csc(CNC(=O)c2cccn2C2CC2)n1. The lowest BCUT2D eigenvalue weighted by Gasteiger charge is -2.14. The van der Waals surface area contributed by atoms with Gasteiger partial charge in [0.2, 0.25) is 0 Å². The van der Waals surface area contributed by atoms with Gasteiger partial charge in [-0.1, -0.05) is 20.8 Å². The van der Waals surface area contributed by atoms with Crippen molar-refractivity contribution in [3.05, 3.63) is 40.1 Å². The third kappa shape index (κ3) is 3.18. The van der Waals surface area contributed by atoms with Gasteiger partial charge in [-0.15, -0.1) is 11.3 Å². The van der Waals surface area contributed by atoms with Crippen LogP contribution in [-0.4, -0.2) is 15.5 Å². The van der Waals surface area contributed by atoms with Crippen LogP contribution in [-0.2, 0) is 12.0 Å². The number of nitrogens with one attached hydrogen (secondary N) is 1. The van der Waals surface area contributed by atoms with E-state index < -0.39 is 0 Å². The Labute approximate surface area is 129 Å². The van der Waals surface area contributed by atoms with Crippen molar-refractivity contribution in [2.75, 3.05) is 0 Å². The van der Waals surface area contributed by atoms with Gasteiger partial charge < -0.3 is 9.88 Å². The summed E-state index contributed by atoms with van der Waals surface area (Å²) in [6.07, 6.45) is 4.35. The van der Waals surface area contributed by atoms with Gasteiger partial charge in [-0.2, -0.15) is 0 Å². The number of rotatable bonds is 4. The number of carbonyl (C=O) groups is 1. The molecule has 0 aromatic carbocycles. The van der Waals surface area contributed by atoms with Crippen molar-refractivity contribution in [1.29, 1.82) is 0 Å². The third-order valence-corrected chi connectivity index (χ3v) is 4.52. The molecule has 0 spiro atoms. The van der Waals surface area contributed by atoms with E-state index in [-0.39, 0.29) is 11.3 Å². The molecule has 4 nitrogen and oxygen atoms in total. The molecule has 1 N–H and O–H groups in total. The van der Waals surface area contributed by atoms with E-state index in [0.717, 1.165) is 16.4 Å². The van der Waals surface area contributed by atoms with Gasteiger partial charge in [0.1, 0.15) is 10.7 Å². The van der Waals surface area contributed by atoms with Crippen molar-refractivity contribution < 1.29 is 4.79 Å². The normalized spacial score (nSPS) is 15.2. The average molecular weight is 303 g/mol. The lowest BCUT2D eigenvalue weighted by Crippen LogP contribution is -2.25. The molecule has 0 saturated heterocycles. The van der Waals surface area contributed by atoms with Crippen LogP contribution in [0.2, 0.25) is 0 Å². The highest BCUT2D eigenvalue weighted by Crippen LogP contribution is 2.36. The fourth-order valence-corrected chi connectivity index (χ4v) is 3.20. The van der Waals surface area contributed by atoms with Crippen molar-refractivity contribution in [3.63, 3.8) is 0 Å². The molecule has 3 rings (SSSR count). The minimum atomic E-state index is -0.0144. The van der Waals surface area contributed by atoms with Crippen LogP contribution in [0.15, 0.2) is 23.7 Å². The Hall–Kier alpha value is -1.62. The van der Waals surface area contributed by atoms with E-state index >= 15 is 0 Å². The molecule has 2 aromatic heterocycles. The van der Waals surface area contributed by atoms with Crippen molar-refractivity contribution in [2.24, 2.45) is 0 Å². The molecule has 5 heteroatoms. The second kappa shape index (κ2) is 5.30. The van der Waals surface area contributed by atoms with Gasteiger partial charge in [0, 0.05) is 23.0 Å². The first-order chi connectivity index (χ1) is 9.95. The molecular weight excluding hydrogens is 282 g/mol. The maximum Gasteiger partial charge on any atom is 0.268 e. The number of hydrogen-bond acceptors (Lipinski definition) is 3. The Morgan fingerprint density at radius 2 is 2.24 bits per heavy atom. The van der Waals surface area contributed by atoms with Crippen LogP contribution in [0.1, 0.15) is 60.8 Å². The Bertz CT molecular complexity index is 647. The van der Waals surface area contributed by atoms with Gasteiger partial charge in [0.15, 0.2) is 0 Å². The Kier molecular flexibility index (Phi) is 3.61. The summed E-state index contributed by atoms with van der Waals surface area (Å²) in [6.45, 7) is 6.93. The quantitative estimate of drug-likeness (QED) is 0.939. The van der Waals surface area contributed by atoms with Gasteiger partial charge in [0.05, 0.1) is 12.2 Å². The molecule has 112 valence electrons. The number of nitrogens with zero attached hydrogens (tertiary/aromatic N) is 2. The van der Waals surface area contributed by atoms with Crippen LogP contribution in [0, 0.1) is 0 Å². The number of thiazole rings is 1. The van der Waals surface area contributed by atoms with Crippen molar-refractivity contribution in [1.82, 2.24) is 14.9 Å². The molecule has 1 fully saturated rings. The maximum atomic E-state index is 12.3. The van der Waals surface area contributed by atoms with Gasteiger partial charge >= 0.3 is 0 Å². The minimum Gasteiger partial charge on any atom is -0.344 e. The topological polar surface area (TPSA) is 46.9 Å². The molecule has 1 aliphatic rings. The van der Waals surface area contributed by atoms with E-state index in [1.54, 1.807) is 11.3 Å². The molecule has 2 heterocycles. The molecule has 0 aliphatic heterocycles. The van der Waals surface area contributed by atoms with E-state index in [9.17, 15) is 4.79 Å². The van der Waals surface area contributed by atoms with E-state index in [0.29, 0.717) is 12.6 Å². The second-order valence-electron chi connectivity index (χ2n) is 6.59. The van der Waals surface area contributed by atoms with Crippen LogP contribution in [0.5, 0.6) is 0 Å². The predicted molar refractivity (Wildman–Crippen MR) is 84.7 cm³/mol. The molecule has 0 bridgehead atoms. The summed E-state index contributed by atoms with van der Waals surface area (Å²) in [5.41, 5.74) is 1.89. The minimum absolute atomic E-state index is 0.0144. The molecular formula is C16H21N3OS. The summed E-state index contributed by atoms with van der Waals surface area (Å²) in [4.78, 5) is 16.9. The van der Waals surface area contributed by atoms with Crippen LogP contribution in [0.25, 0.3) is 0 Å². The van der Waals surface area contributed by atoms with E-state index in [4.69, 9.17) is 0 Å². The fraction of sp³-hybridized carbons (Fsp3) is 0.500. The number of hydrogen-bond donors (Lipinski definition) is 1. The number of carbonyl (C=O) groups excluding carboxylic acids is 1. The number of amides is 1. The third-order valence-electron chi connectivity index (χ3n) is 3.67. The van der Waals surface area contributed by atoms with Crippen LogP contribution in [0.3, 0.4) is 0 Å². The summed E-state index contributed by atoms with van der Waals surface area (Å²) in [7, 11) is 0. The molecule has 0 unspecified atom stereocenters. The Morgan fingerprint density at radius 1 is 1.48 bits per heavy atom. The highest BCUT2D eigenvalue weighted by atomic mass is 32.1. The summed E-state index contributed by atoms with van der Waals surface area (Å²) in [5.74, 6) is -0.0144. The second-order valence-corrected chi connectivity index (χ2v) is 7.53. The van der Waals surface area contributed by atoms with Gasteiger partial charge in [-0.3, -0.25) is 4.79 Å². The summed E-state index contributed by atoms with van der Waals surface area (Å²) in [5, 5.41) is 6.01. The van der Waals surface area contributed by atoms with Crippen molar-refractivity contribution in [2.45, 2.75) is 51.6 Å². The van der Waals surface area contributed by atoms with Gasteiger partial charge in [-0.05, 0) is 25.0 Å². The molecule has 0 radical (unpaired) electrons. The van der Waals surface area contributed by atoms with Gasteiger partial charge in [0.25, 0.3) is 5.91 Å². The van der Waals surface area contributed by atoms with Crippen LogP contribution in [0.4, 0.5) is 0 Å². The first-order valence-electron chi connectivity index (χ1n) is 7.35. The zero-order chi connectivity index (χ0) is 15.0.